The van der Waals surface area contributed by atoms with Crippen molar-refractivity contribution in [1.82, 2.24) is 9.80 Å². The monoisotopic (exact) mass is 332 g/mol. The molecule has 0 unspecified atom stereocenters. The van der Waals surface area contributed by atoms with Gasteiger partial charge in [-0.1, -0.05) is 12.1 Å². The van der Waals surface area contributed by atoms with Crippen LogP contribution in [0.5, 0.6) is 5.75 Å². The number of piperidine rings is 1. The molecule has 3 rings (SSSR count). The minimum Gasteiger partial charge on any atom is -0.497 e. The van der Waals surface area contributed by atoms with Crippen molar-refractivity contribution in [2.75, 3.05) is 39.9 Å². The third-order valence-electron chi connectivity index (χ3n) is 5.19. The third kappa shape index (κ3) is 4.28. The highest BCUT2D eigenvalue weighted by molar-refractivity contribution is 5.73. The zero-order chi connectivity index (χ0) is 16.9. The van der Waals surface area contributed by atoms with Gasteiger partial charge in [0.15, 0.2) is 0 Å². The Morgan fingerprint density at radius 1 is 1.29 bits per heavy atom. The number of rotatable bonds is 4. The number of methoxy groups -OCH3 is 1. The number of amides is 1. The lowest BCUT2D eigenvalue weighted by molar-refractivity contribution is -0.131. The average Bonchev–Trinajstić information content (AvgIpc) is 2.62. The Morgan fingerprint density at radius 2 is 2.08 bits per heavy atom. The fourth-order valence-electron chi connectivity index (χ4n) is 3.81. The van der Waals surface area contributed by atoms with Crippen molar-refractivity contribution < 1.29 is 14.3 Å². The molecule has 2 aliphatic rings. The third-order valence-corrected chi connectivity index (χ3v) is 5.19. The molecule has 132 valence electrons. The van der Waals surface area contributed by atoms with Crippen LogP contribution < -0.4 is 4.74 Å². The van der Waals surface area contributed by atoms with Crippen molar-refractivity contribution in [3.63, 3.8) is 0 Å². The van der Waals surface area contributed by atoms with Crippen molar-refractivity contribution in [2.45, 2.75) is 38.3 Å². The summed E-state index contributed by atoms with van der Waals surface area (Å²) in [6.45, 7) is 6.21. The number of ether oxygens (including phenoxy) is 2. The zero-order valence-electron chi connectivity index (χ0n) is 14.7. The van der Waals surface area contributed by atoms with E-state index in [1.807, 2.05) is 17.0 Å². The van der Waals surface area contributed by atoms with E-state index in [0.717, 1.165) is 57.8 Å². The molecule has 0 aliphatic carbocycles. The number of morpholine rings is 1. The summed E-state index contributed by atoms with van der Waals surface area (Å²) < 4.78 is 11.3. The lowest BCUT2D eigenvalue weighted by atomic mass is 10.0. The van der Waals surface area contributed by atoms with E-state index in [4.69, 9.17) is 9.47 Å². The summed E-state index contributed by atoms with van der Waals surface area (Å²) in [5, 5.41) is 0. The predicted octanol–water partition coefficient (Wildman–Crippen LogP) is 1.95. The first kappa shape index (κ1) is 17.2. The minimum absolute atomic E-state index is 0.200. The first-order chi connectivity index (χ1) is 11.7. The van der Waals surface area contributed by atoms with Gasteiger partial charge in [-0.2, -0.15) is 0 Å². The predicted molar refractivity (Wildman–Crippen MR) is 93.3 cm³/mol. The summed E-state index contributed by atoms with van der Waals surface area (Å²) in [5.41, 5.74) is 1.26. The van der Waals surface area contributed by atoms with Gasteiger partial charge in [0.25, 0.3) is 0 Å². The van der Waals surface area contributed by atoms with Crippen molar-refractivity contribution in [1.29, 1.82) is 0 Å². The summed E-state index contributed by atoms with van der Waals surface area (Å²) >= 11 is 0. The Kier molecular flexibility index (Phi) is 5.74. The van der Waals surface area contributed by atoms with Crippen molar-refractivity contribution >= 4 is 5.91 Å². The Morgan fingerprint density at radius 3 is 2.79 bits per heavy atom. The molecule has 0 bridgehead atoms. The lowest BCUT2D eigenvalue weighted by Gasteiger charge is -2.42. The second kappa shape index (κ2) is 7.99. The molecule has 5 heteroatoms. The van der Waals surface area contributed by atoms with Crippen LogP contribution in [-0.4, -0.2) is 67.7 Å². The fourth-order valence-corrected chi connectivity index (χ4v) is 3.81. The molecular formula is C19H28N2O3. The van der Waals surface area contributed by atoms with Crippen LogP contribution in [0.15, 0.2) is 24.3 Å². The van der Waals surface area contributed by atoms with E-state index in [0.29, 0.717) is 6.04 Å². The highest BCUT2D eigenvalue weighted by Crippen LogP contribution is 2.22. The van der Waals surface area contributed by atoms with Crippen molar-refractivity contribution in [2.24, 2.45) is 0 Å². The summed E-state index contributed by atoms with van der Waals surface area (Å²) in [4.78, 5) is 16.0. The van der Waals surface area contributed by atoms with Gasteiger partial charge in [-0.3, -0.25) is 9.69 Å². The van der Waals surface area contributed by atoms with E-state index < -0.39 is 0 Å². The van der Waals surface area contributed by atoms with Gasteiger partial charge >= 0.3 is 0 Å². The van der Waals surface area contributed by atoms with Gasteiger partial charge in [0.05, 0.1) is 19.8 Å². The van der Waals surface area contributed by atoms with Crippen LogP contribution in [-0.2, 0) is 16.0 Å². The van der Waals surface area contributed by atoms with E-state index in [-0.39, 0.29) is 12.0 Å². The second-order valence-electron chi connectivity index (χ2n) is 6.78. The molecule has 24 heavy (non-hydrogen) atoms. The van der Waals surface area contributed by atoms with E-state index in [2.05, 4.69) is 17.0 Å². The van der Waals surface area contributed by atoms with Gasteiger partial charge in [-0.15, -0.1) is 0 Å². The maximum absolute atomic E-state index is 11.5. The Labute approximate surface area is 144 Å². The molecule has 2 heterocycles. The number of hydrogen-bond donors (Lipinski definition) is 0. The lowest BCUT2D eigenvalue weighted by Crippen LogP contribution is -2.52. The van der Waals surface area contributed by atoms with Crippen LogP contribution in [0.3, 0.4) is 0 Å². The van der Waals surface area contributed by atoms with Crippen LogP contribution in [0.1, 0.15) is 25.3 Å². The van der Waals surface area contributed by atoms with Gasteiger partial charge < -0.3 is 14.4 Å². The normalized spacial score (nSPS) is 23.2. The molecule has 5 nitrogen and oxygen atoms in total. The standard InChI is InChI=1S/C19H28N2O3/c1-15(22)20-8-6-17(7-9-20)21-10-11-24-19(14-21)13-16-4-3-5-18(12-16)23-2/h3-5,12,17,19H,6-11,13-14H2,1-2H3/t19-/m1/s1. The zero-order valence-corrected chi connectivity index (χ0v) is 14.7. The van der Waals surface area contributed by atoms with Crippen molar-refractivity contribution in [3.05, 3.63) is 29.8 Å². The highest BCUT2D eigenvalue weighted by atomic mass is 16.5. The van der Waals surface area contributed by atoms with E-state index in [9.17, 15) is 4.79 Å². The molecule has 0 aromatic heterocycles. The molecule has 1 aromatic carbocycles. The Balaban J connectivity index is 1.54. The molecule has 0 N–H and O–H groups in total. The van der Waals surface area contributed by atoms with E-state index >= 15 is 0 Å². The van der Waals surface area contributed by atoms with Crippen LogP contribution in [0.25, 0.3) is 0 Å². The molecule has 2 saturated heterocycles. The van der Waals surface area contributed by atoms with E-state index in [1.165, 1.54) is 5.56 Å². The number of carbonyl (C=O) groups excluding carboxylic acids is 1. The molecule has 2 fully saturated rings. The van der Waals surface area contributed by atoms with Gasteiger partial charge in [-0.05, 0) is 30.5 Å². The number of likely N-dealkylation sites (tertiary alicyclic amines) is 1. The van der Waals surface area contributed by atoms with Crippen LogP contribution in [0.4, 0.5) is 0 Å². The fraction of sp³-hybridized carbons (Fsp3) is 0.632. The molecule has 2 aliphatic heterocycles. The molecule has 0 spiro atoms. The van der Waals surface area contributed by atoms with Gasteiger partial charge in [0.1, 0.15) is 5.75 Å². The number of benzene rings is 1. The summed E-state index contributed by atoms with van der Waals surface area (Å²) in [6, 6.07) is 8.81. The molecule has 1 aromatic rings. The number of nitrogens with zero attached hydrogens (tertiary/aromatic N) is 2. The quantitative estimate of drug-likeness (QED) is 0.845. The number of hydrogen-bond acceptors (Lipinski definition) is 4. The first-order valence-electron chi connectivity index (χ1n) is 8.90. The smallest absolute Gasteiger partial charge is 0.219 e. The minimum atomic E-state index is 0.200. The molecule has 1 amide bonds. The average molecular weight is 332 g/mol. The van der Waals surface area contributed by atoms with Crippen LogP contribution in [0.2, 0.25) is 0 Å². The van der Waals surface area contributed by atoms with Crippen LogP contribution >= 0.6 is 0 Å². The molecular weight excluding hydrogens is 304 g/mol. The number of carbonyl (C=O) groups is 1. The maximum atomic E-state index is 11.5. The topological polar surface area (TPSA) is 42.0 Å². The summed E-state index contributed by atoms with van der Waals surface area (Å²) in [7, 11) is 1.70. The molecule has 0 saturated carbocycles. The van der Waals surface area contributed by atoms with Gasteiger partial charge in [-0.25, -0.2) is 0 Å². The maximum Gasteiger partial charge on any atom is 0.219 e. The molecule has 1 atom stereocenters. The molecule has 0 radical (unpaired) electrons. The van der Waals surface area contributed by atoms with Crippen molar-refractivity contribution in [3.8, 4) is 5.75 Å². The van der Waals surface area contributed by atoms with Gasteiger partial charge in [0.2, 0.25) is 5.91 Å². The summed E-state index contributed by atoms with van der Waals surface area (Å²) in [5.74, 6) is 1.10. The second-order valence-corrected chi connectivity index (χ2v) is 6.78. The van der Waals surface area contributed by atoms with E-state index in [1.54, 1.807) is 14.0 Å². The summed E-state index contributed by atoms with van der Waals surface area (Å²) in [6.07, 6.45) is 3.30. The Bertz CT molecular complexity index is 555. The highest BCUT2D eigenvalue weighted by Gasteiger charge is 2.29. The first-order valence-corrected chi connectivity index (χ1v) is 8.90. The SMILES string of the molecule is COc1cccc(C[C@@H]2CN(C3CCN(C(C)=O)CC3)CCO2)c1. The largest absolute Gasteiger partial charge is 0.497 e. The van der Waals surface area contributed by atoms with Crippen LogP contribution in [0, 0.1) is 0 Å². The Hall–Kier alpha value is -1.59. The van der Waals surface area contributed by atoms with Gasteiger partial charge in [0, 0.05) is 45.6 Å².